The number of tetrazole rings is 1. The average Bonchev–Trinajstić information content (AvgIpc) is 2.82. The fourth-order valence-electron chi connectivity index (χ4n) is 1.09. The molecular weight excluding hydrogens is 226 g/mol. The SMILES string of the molecule is O=[N+]([O-])c1cccc(/C=N\Nc2nn[nH]n2)c1. The fraction of sp³-hybridized carbons (Fsp3) is 0. The Hall–Kier alpha value is -2.84. The van der Waals surface area contributed by atoms with Crippen LogP contribution in [0, 0.1) is 10.1 Å². The maximum atomic E-state index is 10.5. The van der Waals surface area contributed by atoms with Crippen molar-refractivity contribution in [3.8, 4) is 0 Å². The van der Waals surface area contributed by atoms with Crippen LogP contribution in [0.2, 0.25) is 0 Å². The Kier molecular flexibility index (Phi) is 3.01. The van der Waals surface area contributed by atoms with Crippen molar-refractivity contribution in [2.45, 2.75) is 0 Å². The van der Waals surface area contributed by atoms with E-state index in [-0.39, 0.29) is 11.6 Å². The molecule has 1 aromatic carbocycles. The molecule has 2 aromatic rings. The summed E-state index contributed by atoms with van der Waals surface area (Å²) in [6, 6.07) is 6.08. The Morgan fingerprint density at radius 1 is 1.53 bits per heavy atom. The van der Waals surface area contributed by atoms with Crippen molar-refractivity contribution >= 4 is 17.9 Å². The van der Waals surface area contributed by atoms with Gasteiger partial charge in [-0.1, -0.05) is 17.2 Å². The summed E-state index contributed by atoms with van der Waals surface area (Å²) >= 11 is 0. The number of aromatic amines is 1. The van der Waals surface area contributed by atoms with E-state index in [0.717, 1.165) is 0 Å². The van der Waals surface area contributed by atoms with Gasteiger partial charge >= 0.3 is 0 Å². The molecule has 0 aliphatic carbocycles. The zero-order valence-electron chi connectivity index (χ0n) is 8.44. The highest BCUT2D eigenvalue weighted by molar-refractivity contribution is 5.81. The van der Waals surface area contributed by atoms with Crippen LogP contribution >= 0.6 is 0 Å². The van der Waals surface area contributed by atoms with E-state index in [9.17, 15) is 10.1 Å². The predicted octanol–water partition coefficient (Wildman–Crippen LogP) is 0.554. The number of hydrogen-bond acceptors (Lipinski definition) is 7. The molecule has 0 saturated carbocycles. The van der Waals surface area contributed by atoms with Gasteiger partial charge in [-0.05, 0) is 5.21 Å². The van der Waals surface area contributed by atoms with Crippen LogP contribution in [0.15, 0.2) is 29.4 Å². The highest BCUT2D eigenvalue weighted by Gasteiger charge is 2.03. The van der Waals surface area contributed by atoms with Gasteiger partial charge in [0.05, 0.1) is 11.1 Å². The minimum Gasteiger partial charge on any atom is -0.258 e. The lowest BCUT2D eigenvalue weighted by atomic mass is 10.2. The Bertz CT molecular complexity index is 537. The molecule has 2 N–H and O–H groups in total. The van der Waals surface area contributed by atoms with E-state index < -0.39 is 4.92 Å². The number of hydrogen-bond donors (Lipinski definition) is 2. The second kappa shape index (κ2) is 4.79. The normalized spacial score (nSPS) is 10.6. The van der Waals surface area contributed by atoms with Crippen molar-refractivity contribution in [2.75, 3.05) is 5.43 Å². The monoisotopic (exact) mass is 233 g/mol. The molecule has 0 atom stereocenters. The quantitative estimate of drug-likeness (QED) is 0.451. The molecule has 86 valence electrons. The molecule has 0 aliphatic rings. The first-order chi connectivity index (χ1) is 8.25. The summed E-state index contributed by atoms with van der Waals surface area (Å²) in [6.07, 6.45) is 1.42. The largest absolute Gasteiger partial charge is 0.283 e. The van der Waals surface area contributed by atoms with Crippen molar-refractivity contribution in [1.82, 2.24) is 20.6 Å². The number of nitrogens with zero attached hydrogens (tertiary/aromatic N) is 5. The lowest BCUT2D eigenvalue weighted by Crippen LogP contribution is -1.93. The number of aromatic nitrogens is 4. The molecule has 0 fully saturated rings. The zero-order chi connectivity index (χ0) is 12.1. The second-order valence-electron chi connectivity index (χ2n) is 2.96. The number of hydrazone groups is 1. The van der Waals surface area contributed by atoms with E-state index in [1.807, 2.05) is 0 Å². The van der Waals surface area contributed by atoms with Crippen molar-refractivity contribution in [2.24, 2.45) is 5.10 Å². The van der Waals surface area contributed by atoms with E-state index in [2.05, 4.69) is 31.2 Å². The van der Waals surface area contributed by atoms with Gasteiger partial charge in [0, 0.05) is 17.7 Å². The summed E-state index contributed by atoms with van der Waals surface area (Å²) < 4.78 is 0. The maximum absolute atomic E-state index is 10.5. The van der Waals surface area contributed by atoms with E-state index >= 15 is 0 Å². The Morgan fingerprint density at radius 3 is 3.12 bits per heavy atom. The summed E-state index contributed by atoms with van der Waals surface area (Å²) in [6.45, 7) is 0. The fourth-order valence-corrected chi connectivity index (χ4v) is 1.09. The summed E-state index contributed by atoms with van der Waals surface area (Å²) in [5.41, 5.74) is 3.11. The Balaban J connectivity index is 2.05. The van der Waals surface area contributed by atoms with Gasteiger partial charge in [0.15, 0.2) is 0 Å². The standard InChI is InChI=1S/C8H7N7O2/c16-15(17)7-3-1-2-6(4-7)5-9-10-8-11-13-14-12-8/h1-5H,(H2,10,11,12,13,14)/b9-5-. The number of benzene rings is 1. The predicted molar refractivity (Wildman–Crippen MR) is 58.5 cm³/mol. The molecule has 0 aliphatic heterocycles. The van der Waals surface area contributed by atoms with Crippen LogP contribution in [0.25, 0.3) is 0 Å². The van der Waals surface area contributed by atoms with Crippen molar-refractivity contribution < 1.29 is 4.92 Å². The molecule has 0 spiro atoms. The van der Waals surface area contributed by atoms with Gasteiger partial charge in [-0.25, -0.2) is 5.43 Å². The lowest BCUT2D eigenvalue weighted by molar-refractivity contribution is -0.384. The number of nitro groups is 1. The van der Waals surface area contributed by atoms with Gasteiger partial charge in [0.2, 0.25) is 0 Å². The summed E-state index contributed by atoms with van der Waals surface area (Å²) in [5.74, 6) is 0.215. The molecule has 0 radical (unpaired) electrons. The second-order valence-corrected chi connectivity index (χ2v) is 2.96. The molecule has 17 heavy (non-hydrogen) atoms. The van der Waals surface area contributed by atoms with Crippen LogP contribution in [0.4, 0.5) is 11.6 Å². The molecule has 0 saturated heterocycles. The number of rotatable bonds is 4. The molecule has 2 rings (SSSR count). The van der Waals surface area contributed by atoms with Crippen LogP contribution in [0.5, 0.6) is 0 Å². The Labute approximate surface area is 94.7 Å². The highest BCUT2D eigenvalue weighted by Crippen LogP contribution is 2.11. The summed E-state index contributed by atoms with van der Waals surface area (Å²) in [7, 11) is 0. The summed E-state index contributed by atoms with van der Waals surface area (Å²) in [5, 5.41) is 27.1. The smallest absolute Gasteiger partial charge is 0.258 e. The third kappa shape index (κ3) is 2.81. The molecule has 0 unspecified atom stereocenters. The maximum Gasteiger partial charge on any atom is 0.283 e. The van der Waals surface area contributed by atoms with Gasteiger partial charge in [-0.2, -0.15) is 10.3 Å². The number of non-ortho nitro benzene ring substituents is 1. The highest BCUT2D eigenvalue weighted by atomic mass is 16.6. The van der Waals surface area contributed by atoms with Crippen LogP contribution in [-0.4, -0.2) is 31.8 Å². The molecule has 9 heteroatoms. The third-order valence-electron chi connectivity index (χ3n) is 1.80. The number of nitro benzene ring substituents is 1. The number of anilines is 1. The first kappa shape index (κ1) is 10.7. The lowest BCUT2D eigenvalue weighted by Gasteiger charge is -1.94. The zero-order valence-corrected chi connectivity index (χ0v) is 8.44. The van der Waals surface area contributed by atoms with E-state index in [4.69, 9.17) is 0 Å². The first-order valence-electron chi connectivity index (χ1n) is 4.53. The van der Waals surface area contributed by atoms with Gasteiger partial charge in [-0.15, -0.1) is 5.10 Å². The van der Waals surface area contributed by atoms with E-state index in [1.165, 1.54) is 18.3 Å². The van der Waals surface area contributed by atoms with Crippen molar-refractivity contribution in [1.29, 1.82) is 0 Å². The molecule has 1 heterocycles. The molecule has 0 bridgehead atoms. The van der Waals surface area contributed by atoms with Crippen LogP contribution in [0.1, 0.15) is 5.56 Å². The van der Waals surface area contributed by atoms with E-state index in [1.54, 1.807) is 12.1 Å². The van der Waals surface area contributed by atoms with Crippen LogP contribution in [-0.2, 0) is 0 Å². The third-order valence-corrected chi connectivity index (χ3v) is 1.80. The minimum atomic E-state index is -0.468. The molecule has 0 amide bonds. The van der Waals surface area contributed by atoms with Gasteiger partial charge in [0.1, 0.15) is 0 Å². The van der Waals surface area contributed by atoms with Crippen LogP contribution < -0.4 is 5.43 Å². The average molecular weight is 233 g/mol. The number of nitrogens with one attached hydrogen (secondary N) is 2. The van der Waals surface area contributed by atoms with Crippen molar-refractivity contribution in [3.05, 3.63) is 39.9 Å². The van der Waals surface area contributed by atoms with Crippen LogP contribution in [0.3, 0.4) is 0 Å². The summed E-state index contributed by atoms with van der Waals surface area (Å²) in [4.78, 5) is 10.1. The van der Waals surface area contributed by atoms with Gasteiger partial charge in [0.25, 0.3) is 11.6 Å². The minimum absolute atomic E-state index is 0.00788. The molecular formula is C8H7N7O2. The van der Waals surface area contributed by atoms with E-state index in [0.29, 0.717) is 5.56 Å². The Morgan fingerprint density at radius 2 is 2.41 bits per heavy atom. The van der Waals surface area contributed by atoms with Gasteiger partial charge in [-0.3, -0.25) is 10.1 Å². The van der Waals surface area contributed by atoms with Gasteiger partial charge < -0.3 is 0 Å². The molecule has 9 nitrogen and oxygen atoms in total. The topological polar surface area (TPSA) is 122 Å². The number of H-pyrrole nitrogens is 1. The first-order valence-corrected chi connectivity index (χ1v) is 4.53. The molecule has 1 aromatic heterocycles. The van der Waals surface area contributed by atoms with Crippen molar-refractivity contribution in [3.63, 3.8) is 0 Å².